The van der Waals surface area contributed by atoms with E-state index in [-0.39, 0.29) is 17.6 Å². The fourth-order valence-corrected chi connectivity index (χ4v) is 6.83. The lowest BCUT2D eigenvalue weighted by Crippen LogP contribution is -2.55. The summed E-state index contributed by atoms with van der Waals surface area (Å²) < 4.78 is 20.0. The maximum absolute atomic E-state index is 13.5. The molecule has 3 saturated heterocycles. The van der Waals surface area contributed by atoms with Gasteiger partial charge in [0, 0.05) is 37.5 Å². The molecule has 10 nitrogen and oxygen atoms in total. The molecule has 5 aliphatic rings. The van der Waals surface area contributed by atoms with Crippen molar-refractivity contribution in [2.75, 3.05) is 19.7 Å². The number of nitrogens with zero attached hydrogens (tertiary/aromatic N) is 5. The van der Waals surface area contributed by atoms with Gasteiger partial charge in [-0.25, -0.2) is 4.68 Å². The summed E-state index contributed by atoms with van der Waals surface area (Å²) in [4.78, 5) is 19.8. The van der Waals surface area contributed by atoms with Crippen molar-refractivity contribution in [3.8, 4) is 5.75 Å². The summed E-state index contributed by atoms with van der Waals surface area (Å²) in [6.45, 7) is 7.92. The first-order valence-corrected chi connectivity index (χ1v) is 13.4. The standard InChI is InChI=1S/C28H33N5O5/c1-17(37-19-4-5-22-21(10-19)20-6-9-36-13-18(20)11-29-22)23-12-33(31-30-23)28-14-27(3,15-28)38-24(28)25(34)32-8-7-26(2,35)16-32/h4-5,10-12,17,24,35H,6-9,13-16H2,1-3H3/t17-,24?,26?,27?,28?/m1/s1. The zero-order chi connectivity index (χ0) is 26.3. The molecule has 8 rings (SSSR count). The predicted molar refractivity (Wildman–Crippen MR) is 136 cm³/mol. The van der Waals surface area contributed by atoms with Crippen LogP contribution in [0.5, 0.6) is 5.75 Å². The number of carbonyl (C=O) groups is 1. The van der Waals surface area contributed by atoms with E-state index in [0.717, 1.165) is 28.6 Å². The number of aromatic nitrogens is 4. The van der Waals surface area contributed by atoms with Crippen LogP contribution >= 0.6 is 0 Å². The normalized spacial score (nSPS) is 32.7. The van der Waals surface area contributed by atoms with E-state index in [2.05, 4.69) is 15.3 Å². The maximum atomic E-state index is 13.5. The highest BCUT2D eigenvalue weighted by molar-refractivity contribution is 5.85. The number of fused-ring (bicyclic) bond motifs is 4. The summed E-state index contributed by atoms with van der Waals surface area (Å²) in [5.74, 6) is 0.665. The molecule has 1 amide bonds. The number of β-amino-alcohol motifs (C(OH)–C–C–N with tert-alkyl or cyclic N) is 1. The molecule has 10 heteroatoms. The van der Waals surface area contributed by atoms with E-state index >= 15 is 0 Å². The van der Waals surface area contributed by atoms with Crippen molar-refractivity contribution in [1.82, 2.24) is 24.9 Å². The summed E-state index contributed by atoms with van der Waals surface area (Å²) in [7, 11) is 0. The molecule has 38 heavy (non-hydrogen) atoms. The van der Waals surface area contributed by atoms with Crippen LogP contribution in [0.15, 0.2) is 30.6 Å². The Balaban J connectivity index is 1.12. The van der Waals surface area contributed by atoms with Crippen LogP contribution in [0.1, 0.15) is 63.0 Å². The summed E-state index contributed by atoms with van der Waals surface area (Å²) in [6, 6.07) is 5.97. The molecular formula is C28H33N5O5. The molecule has 3 aromatic rings. The minimum atomic E-state index is -0.854. The lowest BCUT2D eigenvalue weighted by Gasteiger charge is -2.43. The number of rotatable bonds is 5. The first-order valence-electron chi connectivity index (χ1n) is 13.4. The Morgan fingerprint density at radius 1 is 1.29 bits per heavy atom. The Hall–Kier alpha value is -3.08. The molecule has 0 radical (unpaired) electrons. The van der Waals surface area contributed by atoms with E-state index in [0.29, 0.717) is 51.3 Å². The van der Waals surface area contributed by atoms with E-state index in [1.165, 1.54) is 5.56 Å². The molecule has 2 aromatic heterocycles. The van der Waals surface area contributed by atoms with Gasteiger partial charge >= 0.3 is 0 Å². The van der Waals surface area contributed by atoms with E-state index < -0.39 is 17.2 Å². The van der Waals surface area contributed by atoms with Crippen molar-refractivity contribution in [3.63, 3.8) is 0 Å². The molecule has 1 aromatic carbocycles. The largest absolute Gasteiger partial charge is 0.484 e. The number of likely N-dealkylation sites (tertiary alicyclic amines) is 1. The highest BCUT2D eigenvalue weighted by atomic mass is 16.5. The zero-order valence-corrected chi connectivity index (χ0v) is 22.0. The molecule has 2 unspecified atom stereocenters. The second-order valence-corrected chi connectivity index (χ2v) is 12.0. The van der Waals surface area contributed by atoms with E-state index in [4.69, 9.17) is 14.2 Å². The van der Waals surface area contributed by atoms with E-state index in [1.807, 2.05) is 49.1 Å². The van der Waals surface area contributed by atoms with Crippen molar-refractivity contribution >= 4 is 16.8 Å². The van der Waals surface area contributed by atoms with Crippen LogP contribution in [-0.4, -0.2) is 72.9 Å². The molecule has 4 aliphatic heterocycles. The maximum Gasteiger partial charge on any atom is 0.254 e. The van der Waals surface area contributed by atoms with Crippen LogP contribution in [-0.2, 0) is 32.8 Å². The molecule has 2 bridgehead atoms. The Kier molecular flexibility index (Phi) is 5.18. The molecule has 1 saturated carbocycles. The van der Waals surface area contributed by atoms with Crippen LogP contribution in [0.2, 0.25) is 0 Å². The Morgan fingerprint density at radius 3 is 2.92 bits per heavy atom. The van der Waals surface area contributed by atoms with Gasteiger partial charge in [-0.2, -0.15) is 0 Å². The number of aliphatic hydroxyl groups is 1. The number of benzene rings is 1. The van der Waals surface area contributed by atoms with Gasteiger partial charge in [0.1, 0.15) is 23.1 Å². The fourth-order valence-electron chi connectivity index (χ4n) is 6.83. The van der Waals surface area contributed by atoms with E-state index in [9.17, 15) is 9.90 Å². The third-order valence-electron chi connectivity index (χ3n) is 8.73. The second kappa shape index (κ2) is 8.21. The molecule has 1 aliphatic carbocycles. The highest BCUT2D eigenvalue weighted by Gasteiger charge is 2.70. The number of hydrogen-bond donors (Lipinski definition) is 1. The predicted octanol–water partition coefficient (Wildman–Crippen LogP) is 2.67. The first-order chi connectivity index (χ1) is 18.1. The highest BCUT2D eigenvalue weighted by Crippen LogP contribution is 2.60. The van der Waals surface area contributed by atoms with Crippen molar-refractivity contribution < 1.29 is 24.1 Å². The number of carbonyl (C=O) groups excluding carboxylic acids is 1. The minimum Gasteiger partial charge on any atom is -0.484 e. The molecular weight excluding hydrogens is 486 g/mol. The Bertz CT molecular complexity index is 1430. The summed E-state index contributed by atoms with van der Waals surface area (Å²) >= 11 is 0. The SMILES string of the molecule is C[C@@H](Oc1ccc2ncc3c(c2c1)CCOC3)c1cn(C23CC(C)(C2)OC3C(=O)N2CCC(C)(O)C2)nn1. The molecule has 0 spiro atoms. The lowest BCUT2D eigenvalue weighted by molar-refractivity contribution is -0.144. The summed E-state index contributed by atoms with van der Waals surface area (Å²) in [5, 5.41) is 20.4. The van der Waals surface area contributed by atoms with Gasteiger partial charge in [0.2, 0.25) is 0 Å². The van der Waals surface area contributed by atoms with Gasteiger partial charge in [0.05, 0.1) is 36.1 Å². The van der Waals surface area contributed by atoms with Crippen molar-refractivity contribution in [1.29, 1.82) is 0 Å². The second-order valence-electron chi connectivity index (χ2n) is 12.0. The van der Waals surface area contributed by atoms with Crippen LogP contribution in [0.25, 0.3) is 10.9 Å². The van der Waals surface area contributed by atoms with E-state index in [1.54, 1.807) is 11.8 Å². The Labute approximate surface area is 220 Å². The van der Waals surface area contributed by atoms with Gasteiger partial charge in [0.15, 0.2) is 6.10 Å². The van der Waals surface area contributed by atoms with Crippen LogP contribution < -0.4 is 4.74 Å². The third kappa shape index (κ3) is 3.72. The Morgan fingerprint density at radius 2 is 2.13 bits per heavy atom. The van der Waals surface area contributed by atoms with Gasteiger partial charge in [-0.05, 0) is 62.9 Å². The first kappa shape index (κ1) is 24.0. The summed E-state index contributed by atoms with van der Waals surface area (Å²) in [6.07, 6.45) is 5.64. The quantitative estimate of drug-likeness (QED) is 0.548. The van der Waals surface area contributed by atoms with Gasteiger partial charge in [0.25, 0.3) is 5.91 Å². The molecule has 3 atom stereocenters. The van der Waals surface area contributed by atoms with Crippen LogP contribution in [0.3, 0.4) is 0 Å². The monoisotopic (exact) mass is 519 g/mol. The zero-order valence-electron chi connectivity index (χ0n) is 22.0. The number of hydrogen-bond acceptors (Lipinski definition) is 8. The van der Waals surface area contributed by atoms with Crippen LogP contribution in [0.4, 0.5) is 0 Å². The van der Waals surface area contributed by atoms with Gasteiger partial charge < -0.3 is 24.2 Å². The molecule has 200 valence electrons. The lowest BCUT2D eigenvalue weighted by atomic mass is 9.67. The van der Waals surface area contributed by atoms with Gasteiger partial charge in [-0.1, -0.05) is 5.21 Å². The van der Waals surface area contributed by atoms with Crippen LogP contribution in [0, 0.1) is 0 Å². The van der Waals surface area contributed by atoms with Gasteiger partial charge in [-0.15, -0.1) is 5.10 Å². The molecule has 6 heterocycles. The average molecular weight is 520 g/mol. The van der Waals surface area contributed by atoms with Crippen molar-refractivity contribution in [2.45, 2.75) is 82.0 Å². The minimum absolute atomic E-state index is 0.0798. The van der Waals surface area contributed by atoms with Crippen molar-refractivity contribution in [2.24, 2.45) is 0 Å². The number of pyridine rings is 1. The number of amides is 1. The fraction of sp³-hybridized carbons (Fsp3) is 0.571. The van der Waals surface area contributed by atoms with Crippen molar-refractivity contribution in [3.05, 3.63) is 47.4 Å². The smallest absolute Gasteiger partial charge is 0.254 e. The molecule has 1 N–H and O–H groups in total. The third-order valence-corrected chi connectivity index (χ3v) is 8.73. The summed E-state index contributed by atoms with van der Waals surface area (Å²) in [5.41, 5.74) is 2.27. The average Bonchev–Trinajstić information content (AvgIpc) is 3.64. The molecule has 4 fully saturated rings. The number of ether oxygens (including phenoxy) is 3. The van der Waals surface area contributed by atoms with Gasteiger partial charge in [-0.3, -0.25) is 9.78 Å². The topological polar surface area (TPSA) is 112 Å².